The van der Waals surface area contributed by atoms with Crippen molar-refractivity contribution in [1.29, 1.82) is 0 Å². The second kappa shape index (κ2) is 7.83. The zero-order valence-corrected chi connectivity index (χ0v) is 14.1. The molecule has 0 aliphatic heterocycles. The normalized spacial score (nSPS) is 10.8. The largest absolute Gasteiger partial charge is 0.416 e. The summed E-state index contributed by atoms with van der Waals surface area (Å²) in [5.41, 5.74) is 0.906. The molecule has 27 heavy (non-hydrogen) atoms. The molecule has 0 aliphatic carbocycles. The van der Waals surface area contributed by atoms with Gasteiger partial charge >= 0.3 is 6.18 Å². The molecule has 1 N–H and O–H groups in total. The first-order valence-electron chi connectivity index (χ1n) is 8.11. The van der Waals surface area contributed by atoms with E-state index < -0.39 is 11.7 Å². The van der Waals surface area contributed by atoms with Crippen LogP contribution in [-0.2, 0) is 6.18 Å². The maximum atomic E-state index is 12.7. The van der Waals surface area contributed by atoms with Crippen LogP contribution in [-0.4, -0.2) is 17.0 Å². The highest BCUT2D eigenvalue weighted by Crippen LogP contribution is 2.29. The van der Waals surface area contributed by atoms with E-state index in [2.05, 4.69) is 17.2 Å². The van der Waals surface area contributed by atoms with Crippen molar-refractivity contribution >= 4 is 5.91 Å². The van der Waals surface area contributed by atoms with Crippen molar-refractivity contribution in [3.05, 3.63) is 89.7 Å². The summed E-state index contributed by atoms with van der Waals surface area (Å²) in [5, 5.41) is 2.63. The highest BCUT2D eigenvalue weighted by molar-refractivity contribution is 5.94. The Bertz CT molecular complexity index is 979. The minimum absolute atomic E-state index is 0.0361. The summed E-state index contributed by atoms with van der Waals surface area (Å²) < 4.78 is 39.9. The molecule has 0 radical (unpaired) electrons. The Morgan fingerprint density at radius 3 is 2.37 bits per heavy atom. The molecule has 0 saturated carbocycles. The lowest BCUT2D eigenvalue weighted by Crippen LogP contribution is -2.23. The van der Waals surface area contributed by atoms with Gasteiger partial charge in [0, 0.05) is 29.2 Å². The fraction of sp³-hybridized carbons (Fsp3) is 0.0952. The average Bonchev–Trinajstić information content (AvgIpc) is 3.19. The van der Waals surface area contributed by atoms with E-state index in [1.807, 2.05) is 41.2 Å². The molecule has 3 nitrogen and oxygen atoms in total. The van der Waals surface area contributed by atoms with Crippen LogP contribution in [0.2, 0.25) is 0 Å². The standard InChI is InChI=1S/C21H15F3N2O/c22-21(23,24)18-7-3-5-16(15-18)6-4-12-25-20(27)17-8-10-19(11-9-17)26-13-1-2-14-26/h1-3,5,7-11,13-15H,12H2,(H,25,27). The number of hydrogen-bond donors (Lipinski definition) is 1. The number of hydrogen-bond acceptors (Lipinski definition) is 1. The number of benzene rings is 2. The lowest BCUT2D eigenvalue weighted by atomic mass is 10.1. The van der Waals surface area contributed by atoms with Crippen LogP contribution in [0, 0.1) is 11.8 Å². The molecule has 3 rings (SSSR count). The highest BCUT2D eigenvalue weighted by Gasteiger charge is 2.30. The van der Waals surface area contributed by atoms with E-state index in [9.17, 15) is 18.0 Å². The van der Waals surface area contributed by atoms with Gasteiger partial charge in [-0.1, -0.05) is 17.9 Å². The molecule has 0 spiro atoms. The van der Waals surface area contributed by atoms with Crippen LogP contribution in [0.25, 0.3) is 5.69 Å². The number of alkyl halides is 3. The fourth-order valence-electron chi connectivity index (χ4n) is 2.44. The molecule has 1 heterocycles. The van der Waals surface area contributed by atoms with Gasteiger partial charge in [0.25, 0.3) is 5.91 Å². The smallest absolute Gasteiger partial charge is 0.341 e. The first-order valence-corrected chi connectivity index (χ1v) is 8.11. The summed E-state index contributed by atoms with van der Waals surface area (Å²) in [7, 11) is 0. The van der Waals surface area contributed by atoms with E-state index in [-0.39, 0.29) is 18.0 Å². The molecule has 1 aromatic heterocycles. The molecule has 0 saturated heterocycles. The molecular weight excluding hydrogens is 353 g/mol. The molecule has 0 aliphatic rings. The van der Waals surface area contributed by atoms with Crippen LogP contribution < -0.4 is 5.32 Å². The molecule has 0 fully saturated rings. The molecule has 0 bridgehead atoms. The van der Waals surface area contributed by atoms with Crippen LogP contribution in [0.5, 0.6) is 0 Å². The van der Waals surface area contributed by atoms with Crippen molar-refractivity contribution in [3.8, 4) is 17.5 Å². The predicted octanol–water partition coefficient (Wildman–Crippen LogP) is 4.28. The number of nitrogens with zero attached hydrogens (tertiary/aromatic N) is 1. The van der Waals surface area contributed by atoms with Gasteiger partial charge in [0.2, 0.25) is 0 Å². The first-order chi connectivity index (χ1) is 12.9. The molecule has 136 valence electrons. The summed E-state index contributed by atoms with van der Waals surface area (Å²) in [6.07, 6.45) is -0.602. The SMILES string of the molecule is O=C(NCC#Cc1cccc(C(F)(F)F)c1)c1ccc(-n2cccc2)cc1. The number of amides is 1. The zero-order chi connectivity index (χ0) is 19.3. The van der Waals surface area contributed by atoms with Gasteiger partial charge in [-0.2, -0.15) is 13.2 Å². The topological polar surface area (TPSA) is 34.0 Å². The van der Waals surface area contributed by atoms with Gasteiger partial charge in [0.05, 0.1) is 12.1 Å². The number of nitrogens with one attached hydrogen (secondary N) is 1. The third-order valence-corrected chi connectivity index (χ3v) is 3.79. The summed E-state index contributed by atoms with van der Waals surface area (Å²) in [6.45, 7) is 0.0361. The van der Waals surface area contributed by atoms with Crippen molar-refractivity contribution in [1.82, 2.24) is 9.88 Å². The van der Waals surface area contributed by atoms with Crippen LogP contribution >= 0.6 is 0 Å². The average molecular weight is 368 g/mol. The van der Waals surface area contributed by atoms with Crippen LogP contribution in [0.4, 0.5) is 13.2 Å². The molecule has 0 atom stereocenters. The maximum Gasteiger partial charge on any atom is 0.416 e. The maximum absolute atomic E-state index is 12.7. The second-order valence-corrected chi connectivity index (χ2v) is 5.70. The van der Waals surface area contributed by atoms with Crippen molar-refractivity contribution in [2.24, 2.45) is 0 Å². The Morgan fingerprint density at radius 2 is 1.70 bits per heavy atom. The van der Waals surface area contributed by atoms with Crippen molar-refractivity contribution in [2.75, 3.05) is 6.54 Å². The van der Waals surface area contributed by atoms with Crippen molar-refractivity contribution in [2.45, 2.75) is 6.18 Å². The van der Waals surface area contributed by atoms with Crippen molar-refractivity contribution < 1.29 is 18.0 Å². The summed E-state index contributed by atoms with van der Waals surface area (Å²) in [4.78, 5) is 12.1. The van der Waals surface area contributed by atoms with Crippen LogP contribution in [0.3, 0.4) is 0 Å². The number of carbonyl (C=O) groups is 1. The molecule has 0 unspecified atom stereocenters. The Morgan fingerprint density at radius 1 is 1.00 bits per heavy atom. The van der Waals surface area contributed by atoms with Crippen LogP contribution in [0.15, 0.2) is 73.1 Å². The minimum atomic E-state index is -4.40. The van der Waals surface area contributed by atoms with Gasteiger partial charge < -0.3 is 9.88 Å². The van der Waals surface area contributed by atoms with E-state index in [1.165, 1.54) is 12.1 Å². The zero-order valence-electron chi connectivity index (χ0n) is 14.1. The van der Waals surface area contributed by atoms with E-state index >= 15 is 0 Å². The number of rotatable bonds is 3. The highest BCUT2D eigenvalue weighted by atomic mass is 19.4. The number of halogens is 3. The van der Waals surface area contributed by atoms with Gasteiger partial charge in [0.1, 0.15) is 0 Å². The summed E-state index contributed by atoms with van der Waals surface area (Å²) in [6, 6.07) is 15.6. The monoisotopic (exact) mass is 368 g/mol. The van der Waals surface area contributed by atoms with E-state index in [0.717, 1.165) is 17.8 Å². The quantitative estimate of drug-likeness (QED) is 0.688. The van der Waals surface area contributed by atoms with E-state index in [0.29, 0.717) is 5.56 Å². The third-order valence-electron chi connectivity index (χ3n) is 3.79. The van der Waals surface area contributed by atoms with Crippen LogP contribution in [0.1, 0.15) is 21.5 Å². The number of carbonyl (C=O) groups excluding carboxylic acids is 1. The van der Waals surface area contributed by atoms with Crippen molar-refractivity contribution in [3.63, 3.8) is 0 Å². The lowest BCUT2D eigenvalue weighted by Gasteiger charge is -2.06. The molecule has 3 aromatic rings. The van der Waals surface area contributed by atoms with E-state index in [4.69, 9.17) is 0 Å². The minimum Gasteiger partial charge on any atom is -0.341 e. The number of aromatic nitrogens is 1. The summed E-state index contributed by atoms with van der Waals surface area (Å²) >= 11 is 0. The van der Waals surface area contributed by atoms with Gasteiger partial charge in [0.15, 0.2) is 0 Å². The molecule has 6 heteroatoms. The Balaban J connectivity index is 1.58. The van der Waals surface area contributed by atoms with E-state index in [1.54, 1.807) is 12.1 Å². The second-order valence-electron chi connectivity index (χ2n) is 5.70. The fourth-order valence-corrected chi connectivity index (χ4v) is 2.44. The van der Waals surface area contributed by atoms with Gasteiger partial charge in [-0.15, -0.1) is 0 Å². The Labute approximate surface area is 154 Å². The molecule has 2 aromatic carbocycles. The summed E-state index contributed by atoms with van der Waals surface area (Å²) in [5.74, 6) is 4.99. The Hall–Kier alpha value is -3.46. The lowest BCUT2D eigenvalue weighted by molar-refractivity contribution is -0.137. The van der Waals surface area contributed by atoms with Gasteiger partial charge in [-0.25, -0.2) is 0 Å². The predicted molar refractivity (Wildman–Crippen MR) is 96.4 cm³/mol. The third kappa shape index (κ3) is 4.79. The first kappa shape index (κ1) is 18.3. The van der Waals surface area contributed by atoms with Gasteiger partial charge in [-0.3, -0.25) is 4.79 Å². The molecular formula is C21H15F3N2O. The molecule has 1 amide bonds. The Kier molecular flexibility index (Phi) is 5.32. The van der Waals surface area contributed by atoms with Gasteiger partial charge in [-0.05, 0) is 54.6 Å².